The van der Waals surface area contributed by atoms with E-state index in [1.165, 1.54) is 0 Å². The molecule has 3 rings (SSSR count). The monoisotopic (exact) mass is 440 g/mol. The third-order valence-electron chi connectivity index (χ3n) is 5.81. The predicted octanol–water partition coefficient (Wildman–Crippen LogP) is 1.11. The lowest BCUT2D eigenvalue weighted by atomic mass is 9.94. The fourth-order valence-corrected chi connectivity index (χ4v) is 4.97. The first-order chi connectivity index (χ1) is 14.4. The van der Waals surface area contributed by atoms with Gasteiger partial charge in [-0.25, -0.2) is 13.1 Å². The molecule has 2 fully saturated rings. The van der Waals surface area contributed by atoms with Gasteiger partial charge in [-0.3, -0.25) is 4.79 Å². The zero-order chi connectivity index (χ0) is 21.6. The Labute approximate surface area is 178 Å². The van der Waals surface area contributed by atoms with Crippen molar-refractivity contribution in [1.82, 2.24) is 10.0 Å². The smallest absolute Gasteiger partial charge is 0.240 e. The number of carbonyl (C=O) groups is 1. The molecule has 0 spiro atoms. The van der Waals surface area contributed by atoms with Crippen molar-refractivity contribution in [3.05, 3.63) is 29.8 Å². The number of hydrogen-bond acceptors (Lipinski definition) is 6. The van der Waals surface area contributed by atoms with Gasteiger partial charge >= 0.3 is 0 Å². The molecule has 2 aliphatic heterocycles. The molecular weight excluding hydrogens is 408 g/mol. The van der Waals surface area contributed by atoms with E-state index in [-0.39, 0.29) is 42.0 Å². The molecule has 0 aromatic heterocycles. The van der Waals surface area contributed by atoms with E-state index < -0.39 is 16.1 Å². The Balaban J connectivity index is 1.45. The summed E-state index contributed by atoms with van der Waals surface area (Å²) in [5.41, 5.74) is 0.998. The molecule has 0 saturated carbocycles. The highest BCUT2D eigenvalue weighted by molar-refractivity contribution is 7.89. The molecular formula is C21H32N2O6S. The first-order valence-corrected chi connectivity index (χ1v) is 12.1. The standard InChI is InChI=1S/C21H32N2O6S/c1-15-2-5-18(6-3-15)30(26,27)22-11-8-17-4-7-19(20(14-24)29-17)23-21(25)16-9-12-28-13-10-16/h2-3,5-6,16-17,19-20,22,24H,4,7-14H2,1H3,(H,23,25)/t17-,19-,20-/m0/s1. The lowest BCUT2D eigenvalue weighted by molar-refractivity contribution is -0.134. The summed E-state index contributed by atoms with van der Waals surface area (Å²) in [6.45, 7) is 3.16. The molecule has 2 heterocycles. The van der Waals surface area contributed by atoms with Gasteiger partial charge in [0.25, 0.3) is 0 Å². The van der Waals surface area contributed by atoms with Gasteiger partial charge < -0.3 is 19.9 Å². The van der Waals surface area contributed by atoms with Gasteiger partial charge in [0.2, 0.25) is 15.9 Å². The van der Waals surface area contributed by atoms with E-state index in [9.17, 15) is 18.3 Å². The van der Waals surface area contributed by atoms with Crippen LogP contribution >= 0.6 is 0 Å². The molecule has 0 radical (unpaired) electrons. The van der Waals surface area contributed by atoms with E-state index >= 15 is 0 Å². The molecule has 8 nitrogen and oxygen atoms in total. The number of hydrogen-bond donors (Lipinski definition) is 3. The number of carbonyl (C=O) groups excluding carboxylic acids is 1. The maximum atomic E-state index is 12.5. The van der Waals surface area contributed by atoms with Crippen LogP contribution in [0.5, 0.6) is 0 Å². The summed E-state index contributed by atoms with van der Waals surface area (Å²) >= 11 is 0. The molecule has 2 saturated heterocycles. The van der Waals surface area contributed by atoms with Crippen LogP contribution in [0.3, 0.4) is 0 Å². The Morgan fingerprint density at radius 2 is 1.83 bits per heavy atom. The van der Waals surface area contributed by atoms with E-state index in [0.29, 0.717) is 45.3 Å². The minimum atomic E-state index is -3.56. The molecule has 3 N–H and O–H groups in total. The lowest BCUT2D eigenvalue weighted by Crippen LogP contribution is -2.52. The van der Waals surface area contributed by atoms with E-state index in [1.807, 2.05) is 6.92 Å². The number of sulfonamides is 1. The number of aliphatic hydroxyl groups excluding tert-OH is 1. The third kappa shape index (κ3) is 6.24. The normalized spacial score (nSPS) is 25.7. The Kier molecular flexibility index (Phi) is 8.24. The summed E-state index contributed by atoms with van der Waals surface area (Å²) in [5, 5.41) is 12.7. The number of rotatable bonds is 8. The van der Waals surface area contributed by atoms with Crippen LogP contribution in [0.25, 0.3) is 0 Å². The molecule has 0 aliphatic carbocycles. The van der Waals surface area contributed by atoms with E-state index in [2.05, 4.69) is 10.0 Å². The van der Waals surface area contributed by atoms with Crippen LogP contribution in [0.15, 0.2) is 29.2 Å². The molecule has 1 amide bonds. The SMILES string of the molecule is Cc1ccc(S(=O)(=O)NCC[C@@H]2CC[C@H](NC(=O)C3CCOCC3)[C@H](CO)O2)cc1. The predicted molar refractivity (Wildman–Crippen MR) is 111 cm³/mol. The Morgan fingerprint density at radius 3 is 2.50 bits per heavy atom. The molecule has 0 unspecified atom stereocenters. The van der Waals surface area contributed by atoms with E-state index in [0.717, 1.165) is 5.56 Å². The minimum absolute atomic E-state index is 0.00495. The number of aryl methyl sites for hydroxylation is 1. The Bertz CT molecular complexity index is 792. The number of aliphatic hydroxyl groups is 1. The highest BCUT2D eigenvalue weighted by atomic mass is 32.2. The maximum Gasteiger partial charge on any atom is 0.240 e. The van der Waals surface area contributed by atoms with Crippen LogP contribution < -0.4 is 10.0 Å². The fourth-order valence-electron chi connectivity index (χ4n) is 3.92. The molecule has 2 aliphatic rings. The second-order valence-corrected chi connectivity index (χ2v) is 9.82. The van der Waals surface area contributed by atoms with Crippen LogP contribution in [0.4, 0.5) is 0 Å². The Hall–Kier alpha value is -1.52. The summed E-state index contributed by atoms with van der Waals surface area (Å²) in [7, 11) is -3.56. The van der Waals surface area contributed by atoms with Crippen molar-refractivity contribution >= 4 is 15.9 Å². The van der Waals surface area contributed by atoms with Gasteiger partial charge in [-0.15, -0.1) is 0 Å². The van der Waals surface area contributed by atoms with Crippen molar-refractivity contribution in [2.75, 3.05) is 26.4 Å². The van der Waals surface area contributed by atoms with Crippen LogP contribution in [0.2, 0.25) is 0 Å². The molecule has 9 heteroatoms. The second kappa shape index (κ2) is 10.7. The van der Waals surface area contributed by atoms with Crippen molar-refractivity contribution in [2.45, 2.75) is 62.2 Å². The minimum Gasteiger partial charge on any atom is -0.394 e. The van der Waals surface area contributed by atoms with Crippen molar-refractivity contribution in [1.29, 1.82) is 0 Å². The average molecular weight is 441 g/mol. The zero-order valence-corrected chi connectivity index (χ0v) is 18.2. The average Bonchev–Trinajstić information content (AvgIpc) is 2.75. The number of benzene rings is 1. The van der Waals surface area contributed by atoms with Crippen molar-refractivity contribution in [3.8, 4) is 0 Å². The van der Waals surface area contributed by atoms with Gasteiger partial charge in [0, 0.05) is 25.7 Å². The van der Waals surface area contributed by atoms with Crippen LogP contribution in [0.1, 0.15) is 37.7 Å². The Morgan fingerprint density at radius 1 is 1.13 bits per heavy atom. The summed E-state index contributed by atoms with van der Waals surface area (Å²) < 4.78 is 38.6. The molecule has 1 aromatic carbocycles. The largest absolute Gasteiger partial charge is 0.394 e. The summed E-state index contributed by atoms with van der Waals surface area (Å²) in [4.78, 5) is 12.7. The summed E-state index contributed by atoms with van der Waals surface area (Å²) in [6.07, 6.45) is 2.67. The zero-order valence-electron chi connectivity index (χ0n) is 17.4. The van der Waals surface area contributed by atoms with Crippen LogP contribution in [-0.4, -0.2) is 64.0 Å². The third-order valence-corrected chi connectivity index (χ3v) is 7.28. The maximum absolute atomic E-state index is 12.5. The number of ether oxygens (including phenoxy) is 2. The van der Waals surface area contributed by atoms with Crippen molar-refractivity contribution in [3.63, 3.8) is 0 Å². The first kappa shape index (κ1) is 23.1. The topological polar surface area (TPSA) is 114 Å². The van der Waals surface area contributed by atoms with Crippen molar-refractivity contribution < 1.29 is 27.8 Å². The molecule has 1 aromatic rings. The van der Waals surface area contributed by atoms with Gasteiger partial charge in [-0.2, -0.15) is 0 Å². The quantitative estimate of drug-likeness (QED) is 0.558. The van der Waals surface area contributed by atoms with Gasteiger partial charge in [0.15, 0.2) is 0 Å². The highest BCUT2D eigenvalue weighted by Gasteiger charge is 2.33. The fraction of sp³-hybridized carbons (Fsp3) is 0.667. The van der Waals surface area contributed by atoms with Gasteiger partial charge in [0.1, 0.15) is 6.10 Å². The van der Waals surface area contributed by atoms with Gasteiger partial charge in [-0.1, -0.05) is 17.7 Å². The van der Waals surface area contributed by atoms with Crippen LogP contribution in [-0.2, 0) is 24.3 Å². The highest BCUT2D eigenvalue weighted by Crippen LogP contribution is 2.23. The molecule has 168 valence electrons. The van der Waals surface area contributed by atoms with Crippen LogP contribution in [0, 0.1) is 12.8 Å². The van der Waals surface area contributed by atoms with E-state index in [1.54, 1.807) is 24.3 Å². The van der Waals surface area contributed by atoms with Crippen molar-refractivity contribution in [2.24, 2.45) is 5.92 Å². The van der Waals surface area contributed by atoms with Gasteiger partial charge in [-0.05, 0) is 51.2 Å². The lowest BCUT2D eigenvalue weighted by Gasteiger charge is -2.37. The second-order valence-electron chi connectivity index (χ2n) is 8.06. The number of nitrogens with one attached hydrogen (secondary N) is 2. The molecule has 3 atom stereocenters. The van der Waals surface area contributed by atoms with Gasteiger partial charge in [0.05, 0.1) is 23.6 Å². The molecule has 30 heavy (non-hydrogen) atoms. The van der Waals surface area contributed by atoms with E-state index in [4.69, 9.17) is 9.47 Å². The summed E-state index contributed by atoms with van der Waals surface area (Å²) in [5.74, 6) is -0.0540. The summed E-state index contributed by atoms with van der Waals surface area (Å²) in [6, 6.07) is 6.47. The molecule has 0 bridgehead atoms. The first-order valence-electron chi connectivity index (χ1n) is 10.6. The number of amides is 1.